The van der Waals surface area contributed by atoms with Crippen molar-refractivity contribution in [3.8, 4) is 0 Å². The van der Waals surface area contributed by atoms with Gasteiger partial charge >= 0.3 is 0 Å². The van der Waals surface area contributed by atoms with Gasteiger partial charge in [0, 0.05) is 17.6 Å². The van der Waals surface area contributed by atoms with Gasteiger partial charge in [0.05, 0.1) is 5.52 Å². The van der Waals surface area contributed by atoms with E-state index in [1.54, 1.807) is 0 Å². The highest BCUT2D eigenvalue weighted by Gasteiger charge is 2.21. The molecule has 0 unspecified atom stereocenters. The summed E-state index contributed by atoms with van der Waals surface area (Å²) in [6.45, 7) is 1.34. The highest BCUT2D eigenvalue weighted by atomic mass is 19.2. The average Bonchev–Trinajstić information content (AvgIpc) is 2.65. The Bertz CT molecular complexity index is 574. The fourth-order valence-corrected chi connectivity index (χ4v) is 2.21. The molecule has 5 heteroatoms. The molecule has 1 aliphatic rings. The predicted molar refractivity (Wildman–Crippen MR) is 53.6 cm³/mol. The largest absolute Gasteiger partial charge is 0.355 e. The minimum atomic E-state index is -1.42. The first-order valence-corrected chi connectivity index (χ1v) is 5.06. The summed E-state index contributed by atoms with van der Waals surface area (Å²) >= 11 is 0. The molecular weight excluding hydrogens is 217 g/mol. The fourth-order valence-electron chi connectivity index (χ4n) is 2.21. The van der Waals surface area contributed by atoms with Crippen LogP contribution in [-0.2, 0) is 13.0 Å². The Morgan fingerprint density at radius 3 is 2.75 bits per heavy atom. The summed E-state index contributed by atoms with van der Waals surface area (Å²) in [5.74, 6) is -3.69. The lowest BCUT2D eigenvalue weighted by molar-refractivity contribution is 0.453. The van der Waals surface area contributed by atoms with Crippen molar-refractivity contribution in [3.05, 3.63) is 34.8 Å². The van der Waals surface area contributed by atoms with E-state index in [-0.39, 0.29) is 5.52 Å². The second kappa shape index (κ2) is 3.25. The second-order valence-electron chi connectivity index (χ2n) is 3.92. The lowest BCUT2D eigenvalue weighted by Gasteiger charge is -2.12. The van der Waals surface area contributed by atoms with Crippen LogP contribution in [0.1, 0.15) is 11.3 Å². The third-order valence-electron chi connectivity index (χ3n) is 2.98. The average molecular weight is 226 g/mol. The zero-order valence-corrected chi connectivity index (χ0v) is 8.33. The van der Waals surface area contributed by atoms with Gasteiger partial charge in [-0.1, -0.05) is 0 Å². The molecule has 2 heterocycles. The van der Waals surface area contributed by atoms with Crippen LogP contribution in [0.4, 0.5) is 13.2 Å². The van der Waals surface area contributed by atoms with Crippen molar-refractivity contribution in [3.63, 3.8) is 0 Å². The molecule has 84 valence electrons. The van der Waals surface area contributed by atoms with Crippen molar-refractivity contribution < 1.29 is 13.2 Å². The van der Waals surface area contributed by atoms with Crippen LogP contribution in [0.3, 0.4) is 0 Å². The number of hydrogen-bond acceptors (Lipinski definition) is 1. The zero-order valence-electron chi connectivity index (χ0n) is 8.33. The molecule has 0 amide bonds. The fraction of sp³-hybridized carbons (Fsp3) is 0.273. The van der Waals surface area contributed by atoms with Gasteiger partial charge in [0.1, 0.15) is 0 Å². The molecule has 0 atom stereocenters. The summed E-state index contributed by atoms with van der Waals surface area (Å²) in [6.07, 6.45) is 0.694. The number of aromatic amines is 1. The third kappa shape index (κ3) is 1.18. The molecule has 1 aromatic carbocycles. The van der Waals surface area contributed by atoms with Crippen molar-refractivity contribution in [1.29, 1.82) is 0 Å². The molecule has 0 radical (unpaired) electrons. The van der Waals surface area contributed by atoms with E-state index in [2.05, 4.69) is 10.3 Å². The van der Waals surface area contributed by atoms with E-state index in [0.717, 1.165) is 23.9 Å². The van der Waals surface area contributed by atoms with Crippen LogP contribution >= 0.6 is 0 Å². The molecule has 0 saturated heterocycles. The third-order valence-corrected chi connectivity index (χ3v) is 2.98. The topological polar surface area (TPSA) is 27.8 Å². The van der Waals surface area contributed by atoms with Gasteiger partial charge < -0.3 is 10.3 Å². The number of rotatable bonds is 0. The van der Waals surface area contributed by atoms with E-state index in [4.69, 9.17) is 0 Å². The van der Waals surface area contributed by atoms with E-state index in [1.165, 1.54) is 0 Å². The Morgan fingerprint density at radius 2 is 1.94 bits per heavy atom. The van der Waals surface area contributed by atoms with Crippen LogP contribution in [0.5, 0.6) is 0 Å². The molecule has 0 bridgehead atoms. The van der Waals surface area contributed by atoms with Crippen molar-refractivity contribution in [2.24, 2.45) is 0 Å². The maximum atomic E-state index is 13.5. The standard InChI is InChI=1S/C11H9F3N2/c12-7-3-6-5-1-2-15-4-8(5)16-11(6)10(14)9(7)13/h3,15-16H,1-2,4H2. The second-order valence-corrected chi connectivity index (χ2v) is 3.92. The summed E-state index contributed by atoms with van der Waals surface area (Å²) in [5.41, 5.74) is 1.75. The van der Waals surface area contributed by atoms with Crippen LogP contribution in [0.2, 0.25) is 0 Å². The van der Waals surface area contributed by atoms with Crippen LogP contribution < -0.4 is 5.32 Å². The molecule has 2 nitrogen and oxygen atoms in total. The smallest absolute Gasteiger partial charge is 0.196 e. The van der Waals surface area contributed by atoms with E-state index in [1.807, 2.05) is 0 Å². The number of hydrogen-bond donors (Lipinski definition) is 2. The van der Waals surface area contributed by atoms with E-state index in [0.29, 0.717) is 18.4 Å². The first-order valence-electron chi connectivity index (χ1n) is 5.06. The Hall–Kier alpha value is -1.49. The van der Waals surface area contributed by atoms with E-state index >= 15 is 0 Å². The van der Waals surface area contributed by atoms with E-state index < -0.39 is 17.5 Å². The lowest BCUT2D eigenvalue weighted by atomic mass is 10.0. The summed E-state index contributed by atoms with van der Waals surface area (Å²) in [6, 6.07) is 1.06. The molecule has 2 N–H and O–H groups in total. The predicted octanol–water partition coefficient (Wildman–Crippen LogP) is 2.23. The Balaban J connectivity index is 2.39. The van der Waals surface area contributed by atoms with Crippen LogP contribution in [-0.4, -0.2) is 11.5 Å². The molecule has 2 aromatic rings. The number of nitrogens with one attached hydrogen (secondary N) is 2. The summed E-state index contributed by atoms with van der Waals surface area (Å²) < 4.78 is 39.6. The molecule has 1 aromatic heterocycles. The van der Waals surface area contributed by atoms with Crippen LogP contribution in [0.15, 0.2) is 6.07 Å². The van der Waals surface area contributed by atoms with Gasteiger partial charge in [0.15, 0.2) is 17.5 Å². The zero-order chi connectivity index (χ0) is 11.3. The summed E-state index contributed by atoms with van der Waals surface area (Å²) in [4.78, 5) is 2.81. The van der Waals surface area contributed by atoms with Crippen molar-refractivity contribution in [1.82, 2.24) is 10.3 Å². The Kier molecular flexibility index (Phi) is 1.97. The molecule has 1 aliphatic heterocycles. The molecule has 0 aliphatic carbocycles. The maximum absolute atomic E-state index is 13.5. The number of fused-ring (bicyclic) bond motifs is 3. The molecule has 0 fully saturated rings. The minimum Gasteiger partial charge on any atom is -0.355 e. The van der Waals surface area contributed by atoms with Gasteiger partial charge in [-0.05, 0) is 24.6 Å². The molecule has 0 spiro atoms. The number of benzene rings is 1. The van der Waals surface area contributed by atoms with Crippen molar-refractivity contribution in [2.75, 3.05) is 6.54 Å². The highest BCUT2D eigenvalue weighted by Crippen LogP contribution is 2.29. The first-order chi connectivity index (χ1) is 7.68. The van der Waals surface area contributed by atoms with Gasteiger partial charge in [-0.3, -0.25) is 0 Å². The van der Waals surface area contributed by atoms with Crippen molar-refractivity contribution in [2.45, 2.75) is 13.0 Å². The normalized spacial score (nSPS) is 15.4. The quantitative estimate of drug-likeness (QED) is 0.662. The first kappa shape index (κ1) is 9.72. The maximum Gasteiger partial charge on any atom is 0.196 e. The molecule has 3 rings (SSSR count). The minimum absolute atomic E-state index is 0.0626. The number of H-pyrrole nitrogens is 1. The Morgan fingerprint density at radius 1 is 1.12 bits per heavy atom. The highest BCUT2D eigenvalue weighted by molar-refractivity contribution is 5.85. The summed E-state index contributed by atoms with van der Waals surface area (Å²) in [5, 5.41) is 3.56. The van der Waals surface area contributed by atoms with Crippen LogP contribution in [0, 0.1) is 17.5 Å². The SMILES string of the molecule is Fc1cc2c3c([nH]c2c(F)c1F)CNCC3. The van der Waals surface area contributed by atoms with Gasteiger partial charge in [0.2, 0.25) is 0 Å². The van der Waals surface area contributed by atoms with Gasteiger partial charge in [-0.25, -0.2) is 13.2 Å². The van der Waals surface area contributed by atoms with Crippen LogP contribution in [0.25, 0.3) is 10.9 Å². The molecule has 0 saturated carbocycles. The Labute approximate surface area is 89.5 Å². The van der Waals surface area contributed by atoms with Crippen molar-refractivity contribution >= 4 is 10.9 Å². The van der Waals surface area contributed by atoms with Gasteiger partial charge in [-0.15, -0.1) is 0 Å². The number of halogens is 3. The van der Waals surface area contributed by atoms with E-state index in [9.17, 15) is 13.2 Å². The monoisotopic (exact) mass is 226 g/mol. The van der Waals surface area contributed by atoms with Gasteiger partial charge in [0.25, 0.3) is 0 Å². The summed E-state index contributed by atoms with van der Waals surface area (Å²) in [7, 11) is 0. The lowest BCUT2D eigenvalue weighted by Crippen LogP contribution is -2.22. The number of aromatic nitrogens is 1. The van der Waals surface area contributed by atoms with Gasteiger partial charge in [-0.2, -0.15) is 0 Å². The molecule has 16 heavy (non-hydrogen) atoms. The molecular formula is C11H9F3N2.